The van der Waals surface area contributed by atoms with Gasteiger partial charge in [0.1, 0.15) is 5.75 Å². The average Bonchev–Trinajstić information content (AvgIpc) is 3.39. The van der Waals surface area contributed by atoms with E-state index in [1.165, 1.54) is 5.56 Å². The van der Waals surface area contributed by atoms with Crippen LogP contribution in [0, 0.1) is 20.8 Å². The third-order valence-corrected chi connectivity index (χ3v) is 8.12. The Morgan fingerprint density at radius 1 is 1.07 bits per heavy atom. The number of nitrogens with one attached hydrogen (secondary N) is 2. The number of ether oxygens (including phenoxy) is 1. The summed E-state index contributed by atoms with van der Waals surface area (Å²) < 4.78 is 7.63. The standard InChI is InChI=1S/C31H32ClN5O2S/c1-19-20(2)37(23-11-9-10-22(32)18-23)21(3)28(19)30-29(25-13-7-8-16-33-25)35-31(40)36(30)17-15-27(38)34-24-12-5-6-14-26(24)39-4/h5-14,16,18,29-30H,15,17H2,1-4H3,(H,34,38)(H,35,40). The van der Waals surface area contributed by atoms with Gasteiger partial charge in [-0.25, -0.2) is 0 Å². The number of thiocarbonyl (C=S) groups is 1. The number of rotatable bonds is 8. The maximum Gasteiger partial charge on any atom is 0.226 e. The van der Waals surface area contributed by atoms with Crippen LogP contribution < -0.4 is 15.4 Å². The molecule has 206 valence electrons. The first-order valence-electron chi connectivity index (χ1n) is 13.2. The number of carbonyl (C=O) groups excluding carboxylic acids is 1. The molecule has 1 aliphatic heterocycles. The molecule has 4 aromatic rings. The van der Waals surface area contributed by atoms with E-state index in [-0.39, 0.29) is 24.4 Å². The summed E-state index contributed by atoms with van der Waals surface area (Å²) in [6, 6.07) is 20.8. The van der Waals surface area contributed by atoms with Gasteiger partial charge in [0.25, 0.3) is 0 Å². The minimum Gasteiger partial charge on any atom is -0.495 e. The van der Waals surface area contributed by atoms with E-state index < -0.39 is 0 Å². The zero-order valence-electron chi connectivity index (χ0n) is 22.9. The van der Waals surface area contributed by atoms with E-state index in [4.69, 9.17) is 28.6 Å². The van der Waals surface area contributed by atoms with Gasteiger partial charge in [-0.05, 0) is 81.0 Å². The van der Waals surface area contributed by atoms with Crippen LogP contribution in [0.25, 0.3) is 5.69 Å². The average molecular weight is 574 g/mol. The highest BCUT2D eigenvalue weighted by Crippen LogP contribution is 2.43. The normalized spacial score (nSPS) is 16.6. The van der Waals surface area contributed by atoms with Crippen molar-refractivity contribution in [3.8, 4) is 11.4 Å². The molecule has 0 spiro atoms. The van der Waals surface area contributed by atoms with Crippen molar-refractivity contribution in [3.63, 3.8) is 0 Å². The maximum atomic E-state index is 13.1. The number of hydrogen-bond acceptors (Lipinski definition) is 4. The second kappa shape index (κ2) is 11.7. The first-order valence-corrected chi connectivity index (χ1v) is 13.9. The Kier molecular flexibility index (Phi) is 8.09. The summed E-state index contributed by atoms with van der Waals surface area (Å²) in [5.41, 5.74) is 7.08. The van der Waals surface area contributed by atoms with Gasteiger partial charge in [-0.2, -0.15) is 0 Å². The Balaban J connectivity index is 1.50. The van der Waals surface area contributed by atoms with Gasteiger partial charge in [-0.15, -0.1) is 0 Å². The summed E-state index contributed by atoms with van der Waals surface area (Å²) in [6.07, 6.45) is 2.04. The van der Waals surface area contributed by atoms with E-state index in [2.05, 4.69) is 51.9 Å². The molecule has 1 fully saturated rings. The lowest BCUT2D eigenvalue weighted by atomic mass is 9.93. The molecular formula is C31H32ClN5O2S. The topological polar surface area (TPSA) is 71.4 Å². The van der Waals surface area contributed by atoms with Crippen molar-refractivity contribution in [1.82, 2.24) is 19.8 Å². The number of methoxy groups -OCH3 is 1. The van der Waals surface area contributed by atoms with Gasteiger partial charge in [-0.3, -0.25) is 9.78 Å². The van der Waals surface area contributed by atoms with Crippen LogP contribution >= 0.6 is 23.8 Å². The third-order valence-electron chi connectivity index (χ3n) is 7.53. The van der Waals surface area contributed by atoms with Crippen molar-refractivity contribution >= 4 is 40.5 Å². The van der Waals surface area contributed by atoms with Gasteiger partial charge in [0.05, 0.1) is 30.6 Å². The Labute approximate surface area is 245 Å². The first kappa shape index (κ1) is 27.7. The van der Waals surface area contributed by atoms with Crippen LogP contribution in [-0.2, 0) is 4.79 Å². The highest BCUT2D eigenvalue weighted by Gasteiger charge is 2.42. The molecule has 40 heavy (non-hydrogen) atoms. The highest BCUT2D eigenvalue weighted by atomic mass is 35.5. The van der Waals surface area contributed by atoms with E-state index in [9.17, 15) is 4.79 Å². The second-order valence-electron chi connectivity index (χ2n) is 9.84. The van der Waals surface area contributed by atoms with Crippen molar-refractivity contribution in [2.75, 3.05) is 19.0 Å². The Morgan fingerprint density at radius 3 is 2.58 bits per heavy atom. The molecule has 2 aromatic carbocycles. The van der Waals surface area contributed by atoms with Crippen LogP contribution in [0.2, 0.25) is 5.02 Å². The van der Waals surface area contributed by atoms with Gasteiger partial charge < -0.3 is 24.8 Å². The fraction of sp³-hybridized carbons (Fsp3) is 0.258. The minimum atomic E-state index is -0.182. The van der Waals surface area contributed by atoms with Crippen molar-refractivity contribution in [3.05, 3.63) is 106 Å². The molecule has 1 saturated heterocycles. The number of carbonyl (C=O) groups is 1. The van der Waals surface area contributed by atoms with Crippen LogP contribution in [0.4, 0.5) is 5.69 Å². The lowest BCUT2D eigenvalue weighted by Crippen LogP contribution is -2.33. The number of anilines is 1. The van der Waals surface area contributed by atoms with E-state index in [1.54, 1.807) is 13.3 Å². The summed E-state index contributed by atoms with van der Waals surface area (Å²) >= 11 is 12.2. The predicted molar refractivity (Wildman–Crippen MR) is 163 cm³/mol. The lowest BCUT2D eigenvalue weighted by molar-refractivity contribution is -0.116. The van der Waals surface area contributed by atoms with Crippen LogP contribution in [0.5, 0.6) is 5.75 Å². The van der Waals surface area contributed by atoms with Crippen LogP contribution in [-0.4, -0.2) is 39.1 Å². The van der Waals surface area contributed by atoms with Crippen molar-refractivity contribution in [2.45, 2.75) is 39.3 Å². The number of aromatic nitrogens is 2. The van der Waals surface area contributed by atoms with Gasteiger partial charge in [-0.1, -0.05) is 35.9 Å². The molecule has 3 heterocycles. The van der Waals surface area contributed by atoms with Crippen LogP contribution in [0.1, 0.15) is 46.7 Å². The molecule has 0 saturated carbocycles. The second-order valence-corrected chi connectivity index (χ2v) is 10.7. The molecular weight excluding hydrogens is 542 g/mol. The van der Waals surface area contributed by atoms with Gasteiger partial charge >= 0.3 is 0 Å². The summed E-state index contributed by atoms with van der Waals surface area (Å²) in [5, 5.41) is 7.76. The molecule has 0 radical (unpaired) electrons. The molecule has 2 atom stereocenters. The number of hydrogen-bond donors (Lipinski definition) is 2. The predicted octanol–water partition coefficient (Wildman–Crippen LogP) is 6.46. The maximum absolute atomic E-state index is 13.1. The monoisotopic (exact) mass is 573 g/mol. The molecule has 0 bridgehead atoms. The Hall–Kier alpha value is -3.88. The summed E-state index contributed by atoms with van der Waals surface area (Å²) in [6.45, 7) is 6.82. The van der Waals surface area contributed by atoms with Crippen molar-refractivity contribution < 1.29 is 9.53 Å². The summed E-state index contributed by atoms with van der Waals surface area (Å²) in [5.74, 6) is 0.500. The molecule has 2 N–H and O–H groups in total. The fourth-order valence-corrected chi connectivity index (χ4v) is 6.10. The molecule has 9 heteroatoms. The van der Waals surface area contributed by atoms with E-state index in [1.807, 2.05) is 60.7 Å². The smallest absolute Gasteiger partial charge is 0.226 e. The molecule has 2 aromatic heterocycles. The number of halogens is 1. The summed E-state index contributed by atoms with van der Waals surface area (Å²) in [7, 11) is 1.59. The number of pyridine rings is 1. The molecule has 7 nitrogen and oxygen atoms in total. The molecule has 1 aliphatic rings. The van der Waals surface area contributed by atoms with Crippen molar-refractivity contribution in [1.29, 1.82) is 0 Å². The van der Waals surface area contributed by atoms with Crippen LogP contribution in [0.15, 0.2) is 72.9 Å². The van der Waals surface area contributed by atoms with Crippen LogP contribution in [0.3, 0.4) is 0 Å². The van der Waals surface area contributed by atoms with E-state index in [0.717, 1.165) is 28.3 Å². The fourth-order valence-electron chi connectivity index (χ4n) is 5.59. The van der Waals surface area contributed by atoms with Gasteiger partial charge in [0, 0.05) is 46.8 Å². The minimum absolute atomic E-state index is 0.117. The Bertz CT molecular complexity index is 1550. The molecule has 2 unspecified atom stereocenters. The van der Waals surface area contributed by atoms with E-state index >= 15 is 0 Å². The quantitative estimate of drug-likeness (QED) is 0.236. The first-order chi connectivity index (χ1) is 19.3. The molecule has 0 aliphatic carbocycles. The van der Waals surface area contributed by atoms with Gasteiger partial charge in [0.2, 0.25) is 5.91 Å². The van der Waals surface area contributed by atoms with Crippen molar-refractivity contribution in [2.24, 2.45) is 0 Å². The third kappa shape index (κ3) is 5.29. The number of amides is 1. The molecule has 5 rings (SSSR count). The highest BCUT2D eigenvalue weighted by molar-refractivity contribution is 7.80. The molecule has 1 amide bonds. The Morgan fingerprint density at radius 2 is 1.85 bits per heavy atom. The zero-order chi connectivity index (χ0) is 28.4. The largest absolute Gasteiger partial charge is 0.495 e. The number of nitrogens with zero attached hydrogens (tertiary/aromatic N) is 3. The zero-order valence-corrected chi connectivity index (χ0v) is 24.5. The number of benzene rings is 2. The van der Waals surface area contributed by atoms with Gasteiger partial charge in [0.15, 0.2) is 5.11 Å². The lowest BCUT2D eigenvalue weighted by Gasteiger charge is -2.29. The van der Waals surface area contributed by atoms with E-state index in [0.29, 0.717) is 28.1 Å². The number of para-hydroxylation sites is 2. The SMILES string of the molecule is COc1ccccc1NC(=O)CCN1C(=S)NC(c2ccccn2)C1c1c(C)c(C)n(-c2cccc(Cl)c2)c1C. The summed E-state index contributed by atoms with van der Waals surface area (Å²) in [4.78, 5) is 19.8.